The zero-order valence-electron chi connectivity index (χ0n) is 42.9. The fraction of sp³-hybridized carbons (Fsp3) is 0.0571. The Morgan fingerprint density at radius 2 is 1.12 bits per heavy atom. The predicted octanol–water partition coefficient (Wildman–Crippen LogP) is 16.7. The number of imidazole rings is 1. The van der Waals surface area contributed by atoms with E-state index in [0.29, 0.717) is 11.5 Å². The average Bonchev–Trinajstić information content (AvgIpc) is 4.25. The van der Waals surface area contributed by atoms with E-state index in [1.54, 1.807) is 0 Å². The van der Waals surface area contributed by atoms with Gasteiger partial charge in [0, 0.05) is 71.5 Å². The van der Waals surface area contributed by atoms with Gasteiger partial charge in [0.1, 0.15) is 5.82 Å². The first-order valence-corrected chi connectivity index (χ1v) is 26.1. The molecular formula is C70H48N6OPt-2. The number of para-hydroxylation sites is 8. The summed E-state index contributed by atoms with van der Waals surface area (Å²) in [6, 6.07) is 88.9. The molecule has 0 atom stereocenters. The fourth-order valence-electron chi connectivity index (χ4n) is 11.7. The molecule has 5 aromatic heterocycles. The molecule has 0 amide bonds. The molecule has 7 nitrogen and oxygen atoms in total. The van der Waals surface area contributed by atoms with E-state index < -0.39 is 0 Å². The van der Waals surface area contributed by atoms with Crippen molar-refractivity contribution in [2.45, 2.75) is 26.2 Å². The van der Waals surface area contributed by atoms with Crippen LogP contribution in [0.2, 0.25) is 0 Å². The number of aromatic nitrogens is 6. The van der Waals surface area contributed by atoms with E-state index in [0.717, 1.165) is 78.0 Å². The SMILES string of the molecule is CC(C)(C)c1ccnc(-n2c3[c-]c(Oc4[c-]c(-n5[c-][n+](-c6ccccc6-n6c7ccccc7c7ccccc76)c6ccccc65)ccc4)ccc3c3cc(-c4cccc5c4c4ccccc4n5-c4ccccc4)ccc32)c1.[Pt]. The van der Waals surface area contributed by atoms with E-state index in [9.17, 15) is 0 Å². The minimum Gasteiger partial charge on any atom is -0.510 e. The minimum atomic E-state index is -0.0858. The number of hydrogen-bond acceptors (Lipinski definition) is 2. The van der Waals surface area contributed by atoms with Gasteiger partial charge in [-0.25, -0.2) is 4.98 Å². The maximum atomic E-state index is 6.80. The van der Waals surface area contributed by atoms with Crippen LogP contribution in [0.5, 0.6) is 11.5 Å². The van der Waals surface area contributed by atoms with Gasteiger partial charge in [0.25, 0.3) is 6.33 Å². The van der Waals surface area contributed by atoms with Crippen LogP contribution >= 0.6 is 0 Å². The summed E-state index contributed by atoms with van der Waals surface area (Å²) in [4.78, 5) is 5.02. The van der Waals surface area contributed by atoms with Crippen molar-refractivity contribution in [1.29, 1.82) is 0 Å². The fourth-order valence-corrected chi connectivity index (χ4v) is 11.7. The van der Waals surface area contributed by atoms with E-state index in [4.69, 9.17) is 9.72 Å². The van der Waals surface area contributed by atoms with Crippen LogP contribution in [0.1, 0.15) is 26.3 Å². The summed E-state index contributed by atoms with van der Waals surface area (Å²) in [6.45, 7) is 6.71. The van der Waals surface area contributed by atoms with Crippen LogP contribution in [0.4, 0.5) is 0 Å². The third-order valence-corrected chi connectivity index (χ3v) is 15.2. The Bertz CT molecular complexity index is 4790. The van der Waals surface area contributed by atoms with Crippen LogP contribution in [0.15, 0.2) is 237 Å². The summed E-state index contributed by atoms with van der Waals surface area (Å²) in [5.41, 5.74) is 15.9. The van der Waals surface area contributed by atoms with Crippen molar-refractivity contribution in [1.82, 2.24) is 23.3 Å². The second-order valence-electron chi connectivity index (χ2n) is 20.8. The van der Waals surface area contributed by atoms with Crippen molar-refractivity contribution in [3.8, 4) is 51.2 Å². The van der Waals surface area contributed by atoms with Crippen molar-refractivity contribution in [2.75, 3.05) is 0 Å². The molecule has 0 fully saturated rings. The summed E-state index contributed by atoms with van der Waals surface area (Å²) >= 11 is 0. The van der Waals surface area contributed by atoms with Crippen LogP contribution in [0, 0.1) is 18.5 Å². The minimum absolute atomic E-state index is 0. The molecule has 0 aliphatic carbocycles. The molecule has 10 aromatic carbocycles. The smallest absolute Gasteiger partial charge is 0.268 e. The first kappa shape index (κ1) is 47.2. The number of rotatable bonds is 8. The normalized spacial score (nSPS) is 11.9. The molecule has 15 rings (SSSR count). The number of pyridine rings is 1. The van der Waals surface area contributed by atoms with Crippen LogP contribution in [0.25, 0.3) is 116 Å². The Balaban J connectivity index is 0.00000552. The molecule has 0 spiro atoms. The molecule has 0 bridgehead atoms. The molecule has 0 saturated carbocycles. The van der Waals surface area contributed by atoms with Crippen LogP contribution < -0.4 is 9.30 Å². The maximum absolute atomic E-state index is 6.80. The summed E-state index contributed by atoms with van der Waals surface area (Å²) in [5, 5.41) is 7.02. The van der Waals surface area contributed by atoms with Crippen LogP contribution in [-0.4, -0.2) is 23.3 Å². The van der Waals surface area contributed by atoms with Crippen molar-refractivity contribution in [3.05, 3.63) is 261 Å². The first-order valence-electron chi connectivity index (χ1n) is 26.1. The zero-order chi connectivity index (χ0) is 51.4. The number of fused-ring (bicyclic) bond motifs is 10. The molecule has 0 aliphatic heterocycles. The average molecular weight is 1180 g/mol. The monoisotopic (exact) mass is 1180 g/mol. The van der Waals surface area contributed by atoms with Crippen molar-refractivity contribution >= 4 is 76.5 Å². The van der Waals surface area contributed by atoms with Gasteiger partial charge in [-0.1, -0.05) is 160 Å². The third-order valence-electron chi connectivity index (χ3n) is 15.2. The van der Waals surface area contributed by atoms with Gasteiger partial charge in [-0.2, -0.15) is 18.2 Å². The number of nitrogens with zero attached hydrogens (tertiary/aromatic N) is 6. The van der Waals surface area contributed by atoms with Gasteiger partial charge >= 0.3 is 0 Å². The van der Waals surface area contributed by atoms with E-state index in [1.165, 1.54) is 43.7 Å². The summed E-state index contributed by atoms with van der Waals surface area (Å²) in [7, 11) is 0. The molecule has 0 aliphatic rings. The largest absolute Gasteiger partial charge is 0.510 e. The second-order valence-corrected chi connectivity index (χ2v) is 20.8. The number of benzene rings is 10. The van der Waals surface area contributed by atoms with Gasteiger partial charge in [0.05, 0.1) is 44.5 Å². The van der Waals surface area contributed by atoms with Crippen molar-refractivity contribution in [2.24, 2.45) is 0 Å². The quantitative estimate of drug-likeness (QED) is 0.112. The molecule has 0 N–H and O–H groups in total. The molecule has 8 heteroatoms. The number of ether oxygens (including phenoxy) is 1. The Labute approximate surface area is 465 Å². The number of hydrogen-bond donors (Lipinski definition) is 0. The Hall–Kier alpha value is -9.29. The molecule has 0 unspecified atom stereocenters. The summed E-state index contributed by atoms with van der Waals surface area (Å²) in [6.07, 6.45) is 5.67. The zero-order valence-corrected chi connectivity index (χ0v) is 45.2. The molecule has 15 aromatic rings. The summed E-state index contributed by atoms with van der Waals surface area (Å²) < 4.78 is 18.0. The molecule has 5 heterocycles. The standard InChI is InChI=1S/C70H48N6O.Pt/c1-70(2,3)47-39-40-71-68(42-47)76-61-38-35-46(52-26-18-34-66-69(52)56-25-9-12-29-60(56)74(66)48-19-5-4-6-20-48)41-57(61)55-37-36-51(44-67(55)76)77-50-22-17-21-49(43-50)72-45-73(63-31-14-13-30-62(63)72)64-32-15-16-33-65(64)75-58-27-10-7-23-53(58)54-24-8-11-28-59(54)75;/h4-42H,1-3H3;/q-2;. The summed E-state index contributed by atoms with van der Waals surface area (Å²) in [5.74, 6) is 1.95. The Morgan fingerprint density at radius 3 is 1.90 bits per heavy atom. The first-order chi connectivity index (χ1) is 37.8. The van der Waals surface area contributed by atoms with Gasteiger partial charge in [-0.15, -0.1) is 29.7 Å². The molecule has 0 radical (unpaired) electrons. The predicted molar refractivity (Wildman–Crippen MR) is 313 cm³/mol. The third kappa shape index (κ3) is 7.52. The van der Waals surface area contributed by atoms with Crippen LogP contribution in [-0.2, 0) is 26.5 Å². The van der Waals surface area contributed by atoms with Crippen molar-refractivity contribution < 1.29 is 30.4 Å². The topological polar surface area (TPSA) is 45.7 Å². The van der Waals surface area contributed by atoms with Gasteiger partial charge in [-0.3, -0.25) is 4.57 Å². The van der Waals surface area contributed by atoms with Gasteiger partial charge < -0.3 is 23.0 Å². The maximum Gasteiger partial charge on any atom is 0.268 e. The van der Waals surface area contributed by atoms with E-state index >= 15 is 0 Å². The van der Waals surface area contributed by atoms with Gasteiger partial charge in [0.15, 0.2) is 0 Å². The van der Waals surface area contributed by atoms with E-state index in [2.05, 4.69) is 274 Å². The van der Waals surface area contributed by atoms with E-state index in [1.807, 2.05) is 24.4 Å². The van der Waals surface area contributed by atoms with Gasteiger partial charge in [-0.05, 0) is 99.9 Å². The van der Waals surface area contributed by atoms with E-state index in [-0.39, 0.29) is 26.5 Å². The molecule has 78 heavy (non-hydrogen) atoms. The van der Waals surface area contributed by atoms with Crippen LogP contribution in [0.3, 0.4) is 0 Å². The second kappa shape index (κ2) is 18.5. The molecular weight excluding hydrogens is 1140 g/mol. The van der Waals surface area contributed by atoms with Crippen molar-refractivity contribution in [3.63, 3.8) is 0 Å². The molecule has 376 valence electrons. The Morgan fingerprint density at radius 1 is 0.474 bits per heavy atom. The Kier molecular flexibility index (Phi) is 11.2. The molecule has 0 saturated heterocycles. The van der Waals surface area contributed by atoms with Gasteiger partial charge in [0.2, 0.25) is 0 Å².